The topological polar surface area (TPSA) is 98.3 Å². The Morgan fingerprint density at radius 3 is 2.65 bits per heavy atom. The Kier molecular flexibility index (Phi) is 9.43. The second-order valence-corrected chi connectivity index (χ2v) is 9.99. The van der Waals surface area contributed by atoms with E-state index in [2.05, 4.69) is 20.2 Å². The van der Waals surface area contributed by atoms with Crippen LogP contribution in [0.3, 0.4) is 0 Å². The van der Waals surface area contributed by atoms with Crippen molar-refractivity contribution in [2.45, 2.75) is 33.3 Å². The molecule has 3 aromatic rings. The molecule has 40 heavy (non-hydrogen) atoms. The second-order valence-electron chi connectivity index (χ2n) is 9.99. The lowest BCUT2D eigenvalue weighted by atomic mass is 10.1. The van der Waals surface area contributed by atoms with Crippen LogP contribution in [0.25, 0.3) is 0 Å². The minimum absolute atomic E-state index is 0.382. The summed E-state index contributed by atoms with van der Waals surface area (Å²) in [6.07, 6.45) is 2.66. The van der Waals surface area contributed by atoms with Gasteiger partial charge in [-0.2, -0.15) is 4.98 Å². The van der Waals surface area contributed by atoms with Gasteiger partial charge in [0.2, 0.25) is 5.95 Å². The summed E-state index contributed by atoms with van der Waals surface area (Å²) in [6, 6.07) is 13.4. The van der Waals surface area contributed by atoms with Crippen LogP contribution in [-0.4, -0.2) is 73.6 Å². The highest BCUT2D eigenvalue weighted by molar-refractivity contribution is 5.88. The Hall–Kier alpha value is -3.73. The van der Waals surface area contributed by atoms with Gasteiger partial charge in [-0.25, -0.2) is 9.78 Å². The van der Waals surface area contributed by atoms with E-state index < -0.39 is 6.09 Å². The largest absolute Gasteiger partial charge is 0.492 e. The first kappa shape index (κ1) is 27.8. The van der Waals surface area contributed by atoms with E-state index in [0.717, 1.165) is 73.8 Å². The third-order valence-corrected chi connectivity index (χ3v) is 7.00. The molecule has 1 saturated heterocycles. The number of aryl methyl sites for hydroxylation is 2. The van der Waals surface area contributed by atoms with Crippen LogP contribution in [0.1, 0.15) is 29.5 Å². The quantitative estimate of drug-likeness (QED) is 0.480. The van der Waals surface area contributed by atoms with E-state index in [9.17, 15) is 4.79 Å². The fraction of sp³-hybridized carbons (Fsp3) is 0.433. The number of hydrogen-bond acceptors (Lipinski definition) is 9. The SMILES string of the molecule is Cc1cccc(C)c1OC(=O)N1CCCCOCc2cc(ccc2OCCN2CCOCC2)Nc2nccc1n2. The summed E-state index contributed by atoms with van der Waals surface area (Å²) >= 11 is 0. The number of aromatic nitrogens is 2. The fourth-order valence-electron chi connectivity index (χ4n) is 4.77. The van der Waals surface area contributed by atoms with Gasteiger partial charge in [0.25, 0.3) is 0 Å². The number of morpholine rings is 1. The van der Waals surface area contributed by atoms with Crippen LogP contribution in [0.4, 0.5) is 22.2 Å². The molecule has 0 saturated carbocycles. The number of rotatable bonds is 5. The zero-order valence-electron chi connectivity index (χ0n) is 23.2. The first-order valence-corrected chi connectivity index (χ1v) is 13.9. The van der Waals surface area contributed by atoms with Crippen molar-refractivity contribution in [2.75, 3.05) is 62.8 Å². The highest BCUT2D eigenvalue weighted by Crippen LogP contribution is 2.28. The van der Waals surface area contributed by atoms with Crippen molar-refractivity contribution in [3.05, 3.63) is 65.4 Å². The smallest absolute Gasteiger partial charge is 0.420 e. The number of fused-ring (bicyclic) bond motifs is 4. The van der Waals surface area contributed by atoms with Gasteiger partial charge in [0.05, 0.1) is 19.8 Å². The number of para-hydroxylation sites is 1. The van der Waals surface area contributed by atoms with Crippen molar-refractivity contribution in [3.63, 3.8) is 0 Å². The highest BCUT2D eigenvalue weighted by atomic mass is 16.6. The Morgan fingerprint density at radius 2 is 1.82 bits per heavy atom. The van der Waals surface area contributed by atoms with Crippen LogP contribution in [0.5, 0.6) is 11.5 Å². The van der Waals surface area contributed by atoms with E-state index in [1.807, 2.05) is 50.2 Å². The van der Waals surface area contributed by atoms with Crippen molar-refractivity contribution in [2.24, 2.45) is 0 Å². The average molecular weight is 548 g/mol. The summed E-state index contributed by atoms with van der Waals surface area (Å²) in [5.74, 6) is 2.23. The van der Waals surface area contributed by atoms with Crippen LogP contribution < -0.4 is 19.7 Å². The molecule has 3 heterocycles. The fourth-order valence-corrected chi connectivity index (χ4v) is 4.77. The normalized spacial score (nSPS) is 16.5. The number of carbonyl (C=O) groups is 1. The second kappa shape index (κ2) is 13.6. The molecule has 10 nitrogen and oxygen atoms in total. The minimum Gasteiger partial charge on any atom is -0.492 e. The van der Waals surface area contributed by atoms with E-state index in [-0.39, 0.29) is 0 Å². The maximum absolute atomic E-state index is 13.4. The van der Waals surface area contributed by atoms with Crippen molar-refractivity contribution in [1.82, 2.24) is 14.9 Å². The van der Waals surface area contributed by atoms with E-state index in [1.54, 1.807) is 17.2 Å². The Bertz CT molecular complexity index is 1280. The number of amides is 1. The van der Waals surface area contributed by atoms with Crippen molar-refractivity contribution in [3.8, 4) is 11.5 Å². The summed E-state index contributed by atoms with van der Waals surface area (Å²) in [5, 5.41) is 3.27. The molecular formula is C30H37N5O5. The summed E-state index contributed by atoms with van der Waals surface area (Å²) in [7, 11) is 0. The van der Waals surface area contributed by atoms with Gasteiger partial charge >= 0.3 is 6.09 Å². The Balaban J connectivity index is 1.32. The number of hydrogen-bond donors (Lipinski definition) is 1. The van der Waals surface area contributed by atoms with Crippen molar-refractivity contribution < 1.29 is 23.7 Å². The van der Waals surface area contributed by atoms with Gasteiger partial charge in [-0.05, 0) is 62.1 Å². The molecule has 1 fully saturated rings. The molecular weight excluding hydrogens is 510 g/mol. The number of carbonyl (C=O) groups excluding carboxylic acids is 1. The van der Waals surface area contributed by atoms with Gasteiger partial charge in [0.1, 0.15) is 23.9 Å². The maximum Gasteiger partial charge on any atom is 0.420 e. The average Bonchev–Trinajstić information content (AvgIpc) is 2.96. The molecule has 0 atom stereocenters. The van der Waals surface area contributed by atoms with Crippen LogP contribution >= 0.6 is 0 Å². The molecule has 5 rings (SSSR count). The molecule has 212 valence electrons. The zero-order valence-corrected chi connectivity index (χ0v) is 23.2. The molecule has 2 aliphatic rings. The van der Waals surface area contributed by atoms with E-state index in [4.69, 9.17) is 18.9 Å². The predicted molar refractivity (Wildman–Crippen MR) is 153 cm³/mol. The highest BCUT2D eigenvalue weighted by Gasteiger charge is 2.22. The van der Waals surface area contributed by atoms with Gasteiger partial charge in [0, 0.05) is 50.2 Å². The molecule has 0 unspecified atom stereocenters. The number of anilines is 3. The number of ether oxygens (including phenoxy) is 4. The van der Waals surface area contributed by atoms with Gasteiger partial charge in [0.15, 0.2) is 0 Å². The summed E-state index contributed by atoms with van der Waals surface area (Å²) < 4.78 is 23.5. The zero-order chi connectivity index (χ0) is 27.7. The lowest BCUT2D eigenvalue weighted by molar-refractivity contribution is 0.0320. The lowest BCUT2D eigenvalue weighted by Gasteiger charge is -2.26. The molecule has 0 aliphatic carbocycles. The standard InChI is InChI=1S/C30H37N5O5/c1-22-6-5-7-23(2)28(22)40-30(36)35-12-3-4-16-38-21-24-20-25(32-29-31-11-10-27(35)33-29)8-9-26(24)39-19-15-34-13-17-37-18-14-34/h5-11,20H,3-4,12-19,21H2,1-2H3,(H,31,32,33). The molecule has 10 heteroatoms. The number of nitrogens with one attached hydrogen (secondary N) is 1. The molecule has 2 aromatic carbocycles. The summed E-state index contributed by atoms with van der Waals surface area (Å²) in [5.41, 5.74) is 3.56. The molecule has 2 aliphatic heterocycles. The van der Waals surface area contributed by atoms with E-state index in [1.165, 1.54) is 0 Å². The van der Waals surface area contributed by atoms with Crippen molar-refractivity contribution >= 4 is 23.5 Å². The minimum atomic E-state index is -0.476. The molecule has 0 spiro atoms. The number of nitrogens with zero attached hydrogens (tertiary/aromatic N) is 4. The van der Waals surface area contributed by atoms with Gasteiger partial charge in [-0.1, -0.05) is 18.2 Å². The van der Waals surface area contributed by atoms with Crippen molar-refractivity contribution in [1.29, 1.82) is 0 Å². The van der Waals surface area contributed by atoms with Crippen LogP contribution in [-0.2, 0) is 16.1 Å². The summed E-state index contributed by atoms with van der Waals surface area (Å²) in [4.78, 5) is 26.3. The van der Waals surface area contributed by atoms with E-state index in [0.29, 0.717) is 43.9 Å². The summed E-state index contributed by atoms with van der Waals surface area (Å²) in [6.45, 7) is 10.1. The van der Waals surface area contributed by atoms with Crippen LogP contribution in [0.15, 0.2) is 48.7 Å². The third-order valence-electron chi connectivity index (χ3n) is 7.00. The Labute approximate surface area is 235 Å². The van der Waals surface area contributed by atoms with E-state index >= 15 is 0 Å². The molecule has 1 N–H and O–H groups in total. The van der Waals surface area contributed by atoms with Gasteiger partial charge in [-0.15, -0.1) is 0 Å². The molecule has 1 amide bonds. The van der Waals surface area contributed by atoms with Crippen LogP contribution in [0.2, 0.25) is 0 Å². The molecule has 1 aromatic heterocycles. The number of benzene rings is 2. The predicted octanol–water partition coefficient (Wildman–Crippen LogP) is 4.86. The first-order valence-electron chi connectivity index (χ1n) is 13.9. The first-order chi connectivity index (χ1) is 19.6. The van der Waals surface area contributed by atoms with Gasteiger partial charge < -0.3 is 24.3 Å². The monoisotopic (exact) mass is 547 g/mol. The lowest BCUT2D eigenvalue weighted by Crippen LogP contribution is -2.38. The molecule has 4 bridgehead atoms. The maximum atomic E-state index is 13.4. The van der Waals surface area contributed by atoms with Crippen LogP contribution in [0, 0.1) is 13.8 Å². The third kappa shape index (κ3) is 7.26. The Morgan fingerprint density at radius 1 is 1.00 bits per heavy atom. The van der Waals surface area contributed by atoms with Gasteiger partial charge in [-0.3, -0.25) is 9.80 Å². The molecule has 0 radical (unpaired) electrons.